The van der Waals surface area contributed by atoms with Crippen molar-refractivity contribution in [3.05, 3.63) is 65.2 Å². The summed E-state index contributed by atoms with van der Waals surface area (Å²) in [4.78, 5) is 21.1. The average Bonchev–Trinajstić information content (AvgIpc) is 3.30. The van der Waals surface area contributed by atoms with Crippen molar-refractivity contribution in [1.82, 2.24) is 25.1 Å². The Morgan fingerprint density at radius 3 is 2.11 bits per heavy atom. The highest BCUT2D eigenvalue weighted by Gasteiger charge is 2.37. The van der Waals surface area contributed by atoms with E-state index in [9.17, 15) is 35.3 Å². The number of rotatable bonds is 7. The minimum absolute atomic E-state index is 0.0611. The predicted molar refractivity (Wildman–Crippen MR) is 123 cm³/mol. The Labute approximate surface area is 208 Å². The number of amides is 1. The van der Waals surface area contributed by atoms with Gasteiger partial charge in [-0.2, -0.15) is 40.5 Å². The van der Waals surface area contributed by atoms with Crippen molar-refractivity contribution in [3.8, 4) is 5.82 Å². The summed E-state index contributed by atoms with van der Waals surface area (Å²) in [5.41, 5.74) is -3.96. The zero-order valence-electron chi connectivity index (χ0n) is 19.8. The summed E-state index contributed by atoms with van der Waals surface area (Å²) in [7, 11) is -2.58. The highest BCUT2D eigenvalue weighted by atomic mass is 32.2. The molecule has 0 aliphatic rings. The molecule has 0 aliphatic heterocycles. The molecule has 0 radical (unpaired) electrons. The van der Waals surface area contributed by atoms with Crippen LogP contribution in [0.3, 0.4) is 0 Å². The molecule has 1 aromatic carbocycles. The zero-order valence-corrected chi connectivity index (χ0v) is 20.6. The van der Waals surface area contributed by atoms with Crippen LogP contribution in [0.25, 0.3) is 5.82 Å². The van der Waals surface area contributed by atoms with Gasteiger partial charge in [-0.25, -0.2) is 9.19 Å². The first-order valence-electron chi connectivity index (χ1n) is 10.9. The molecule has 2 heterocycles. The first kappa shape index (κ1) is 28.1. The third-order valence-corrected chi connectivity index (χ3v) is 7.62. The van der Waals surface area contributed by atoms with Gasteiger partial charge in [0.1, 0.15) is 5.69 Å². The molecule has 2 aromatic heterocycles. The van der Waals surface area contributed by atoms with Crippen LogP contribution < -0.4 is 5.32 Å². The summed E-state index contributed by atoms with van der Waals surface area (Å²) >= 11 is 0. The Hall–Kier alpha value is -3.49. The zero-order chi connectivity index (χ0) is 27.6. The van der Waals surface area contributed by atoms with E-state index in [2.05, 4.69) is 24.7 Å². The fourth-order valence-electron chi connectivity index (χ4n) is 3.28. The number of nitrogens with zero attached hydrogens (tertiary/aromatic N) is 5. The summed E-state index contributed by atoms with van der Waals surface area (Å²) in [6.45, 7) is 4.87. The lowest BCUT2D eigenvalue weighted by Gasteiger charge is -2.18. The molecule has 15 heteroatoms. The van der Waals surface area contributed by atoms with E-state index in [1.807, 2.05) is 0 Å². The van der Waals surface area contributed by atoms with Gasteiger partial charge in [-0.05, 0) is 25.1 Å². The van der Waals surface area contributed by atoms with E-state index in [-0.39, 0.29) is 34.9 Å². The smallest absolute Gasteiger partial charge is 0.344 e. The van der Waals surface area contributed by atoms with Crippen molar-refractivity contribution in [2.24, 2.45) is 4.36 Å². The molecular weight excluding hydrogens is 526 g/mol. The Balaban J connectivity index is 2.00. The molecule has 1 N–H and O–H groups in total. The van der Waals surface area contributed by atoms with Gasteiger partial charge >= 0.3 is 12.4 Å². The molecule has 200 valence electrons. The highest BCUT2D eigenvalue weighted by Crippen LogP contribution is 2.36. The van der Waals surface area contributed by atoms with Gasteiger partial charge in [0.05, 0.1) is 33.1 Å². The second-order valence-corrected chi connectivity index (χ2v) is 10.7. The van der Waals surface area contributed by atoms with Crippen LogP contribution in [0.15, 0.2) is 47.2 Å². The minimum atomic E-state index is -5.10. The number of hydrogen-bond acceptors (Lipinski definition) is 6. The molecule has 3 aromatic rings. The van der Waals surface area contributed by atoms with E-state index in [1.165, 1.54) is 36.3 Å². The summed E-state index contributed by atoms with van der Waals surface area (Å²) in [6.07, 6.45) is -6.22. The molecule has 0 spiro atoms. The van der Waals surface area contributed by atoms with Crippen LogP contribution in [0.5, 0.6) is 0 Å². The third-order valence-electron chi connectivity index (χ3n) is 5.30. The van der Waals surface area contributed by atoms with Crippen molar-refractivity contribution >= 4 is 21.5 Å². The Morgan fingerprint density at radius 2 is 1.57 bits per heavy atom. The summed E-state index contributed by atoms with van der Waals surface area (Å²) in [5, 5.41) is 6.49. The maximum absolute atomic E-state index is 13.2. The number of aromatic nitrogens is 4. The lowest BCUT2D eigenvalue weighted by Crippen LogP contribution is -2.29. The molecule has 37 heavy (non-hydrogen) atoms. The van der Waals surface area contributed by atoms with E-state index in [1.54, 1.807) is 13.8 Å². The lowest BCUT2D eigenvalue weighted by molar-refractivity contribution is -0.143. The summed E-state index contributed by atoms with van der Waals surface area (Å²) < 4.78 is 97.5. The van der Waals surface area contributed by atoms with Crippen LogP contribution in [0.4, 0.5) is 32.2 Å². The number of nitrogens with one attached hydrogen (secondary N) is 1. The number of halogens is 6. The van der Waals surface area contributed by atoms with E-state index < -0.39 is 50.7 Å². The Morgan fingerprint density at radius 1 is 1.00 bits per heavy atom. The molecule has 1 amide bonds. The SMILES string of the molecule is CCS(=O)(CC)=Nc1ccnn1-c1nccnc1C(C)NC(=O)c1cc(C(F)(F)F)cc(C(F)(F)F)c1. The fraction of sp³-hybridized carbons (Fsp3) is 0.364. The average molecular weight is 549 g/mol. The van der Waals surface area contributed by atoms with Gasteiger partial charge in [0.2, 0.25) is 0 Å². The molecule has 0 fully saturated rings. The second kappa shape index (κ2) is 10.5. The molecule has 0 saturated carbocycles. The third kappa shape index (κ3) is 6.45. The summed E-state index contributed by atoms with van der Waals surface area (Å²) in [5.74, 6) is -0.350. The van der Waals surface area contributed by atoms with E-state index in [0.717, 1.165) is 0 Å². The Kier molecular flexibility index (Phi) is 7.95. The topological polar surface area (TPSA) is 102 Å². The van der Waals surface area contributed by atoms with Gasteiger partial charge in [-0.3, -0.25) is 9.78 Å². The predicted octanol–water partition coefficient (Wildman–Crippen LogP) is 5.33. The van der Waals surface area contributed by atoms with Crippen LogP contribution in [-0.2, 0) is 22.1 Å². The molecule has 8 nitrogen and oxygen atoms in total. The van der Waals surface area contributed by atoms with Crippen molar-refractivity contribution in [3.63, 3.8) is 0 Å². The molecule has 1 atom stereocenters. The molecule has 0 aliphatic carbocycles. The first-order chi connectivity index (χ1) is 17.2. The van der Waals surface area contributed by atoms with E-state index in [4.69, 9.17) is 0 Å². The van der Waals surface area contributed by atoms with Gasteiger partial charge in [0.25, 0.3) is 5.91 Å². The fourth-order valence-corrected chi connectivity index (χ4v) is 4.42. The first-order valence-corrected chi connectivity index (χ1v) is 12.7. The molecule has 0 saturated heterocycles. The molecule has 1 unspecified atom stereocenters. The highest BCUT2D eigenvalue weighted by molar-refractivity contribution is 7.93. The molecular formula is C22H22F6N6O2S. The van der Waals surface area contributed by atoms with Crippen LogP contribution >= 0.6 is 0 Å². The van der Waals surface area contributed by atoms with E-state index >= 15 is 0 Å². The number of carbonyl (C=O) groups excluding carboxylic acids is 1. The van der Waals surface area contributed by atoms with Crippen molar-refractivity contribution in [2.45, 2.75) is 39.2 Å². The largest absolute Gasteiger partial charge is 0.416 e. The van der Waals surface area contributed by atoms with Gasteiger partial charge in [-0.1, -0.05) is 13.8 Å². The maximum atomic E-state index is 13.2. The van der Waals surface area contributed by atoms with Gasteiger partial charge in [-0.15, -0.1) is 0 Å². The van der Waals surface area contributed by atoms with Gasteiger partial charge in [0.15, 0.2) is 11.6 Å². The van der Waals surface area contributed by atoms with Crippen molar-refractivity contribution in [1.29, 1.82) is 0 Å². The van der Waals surface area contributed by atoms with E-state index in [0.29, 0.717) is 12.1 Å². The number of benzene rings is 1. The van der Waals surface area contributed by atoms with Gasteiger partial charge in [0, 0.05) is 35.5 Å². The molecule has 3 rings (SSSR count). The van der Waals surface area contributed by atoms with Crippen molar-refractivity contribution in [2.75, 3.05) is 11.5 Å². The Bertz CT molecular complexity index is 1370. The summed E-state index contributed by atoms with van der Waals surface area (Å²) in [6, 6.07) is 1.08. The quantitative estimate of drug-likeness (QED) is 0.402. The number of hydrogen-bond donors (Lipinski definition) is 1. The normalized spacial score (nSPS) is 13.3. The van der Waals surface area contributed by atoms with Gasteiger partial charge < -0.3 is 5.32 Å². The minimum Gasteiger partial charge on any atom is -0.344 e. The number of alkyl halides is 6. The monoisotopic (exact) mass is 548 g/mol. The van der Waals surface area contributed by atoms with Crippen LogP contribution in [0.2, 0.25) is 0 Å². The van der Waals surface area contributed by atoms with Crippen LogP contribution in [0, 0.1) is 0 Å². The standard InChI is InChI=1S/C22H22F6N6O2S/c1-4-37(36,5-2)33-17-6-7-31-34(17)19-18(29-8-9-30-19)13(3)32-20(35)14-10-15(21(23,24)25)12-16(11-14)22(26,27)28/h6-13H,4-5H2,1-3H3,(H,32,35). The number of carbonyl (C=O) groups is 1. The van der Waals surface area contributed by atoms with Crippen LogP contribution in [-0.4, -0.2) is 41.4 Å². The molecule has 0 bridgehead atoms. The second-order valence-electron chi connectivity index (χ2n) is 7.80. The maximum Gasteiger partial charge on any atom is 0.416 e. The van der Waals surface area contributed by atoms with Crippen molar-refractivity contribution < 1.29 is 35.3 Å². The van der Waals surface area contributed by atoms with Crippen LogP contribution in [0.1, 0.15) is 54.0 Å². The lowest BCUT2D eigenvalue weighted by atomic mass is 10.0.